The molecule has 1 fully saturated rings. The predicted molar refractivity (Wildman–Crippen MR) is 73.6 cm³/mol. The molecule has 1 rings (SSSR count). The second-order valence-corrected chi connectivity index (χ2v) is 6.99. The molecule has 1 heterocycles. The van der Waals surface area contributed by atoms with Gasteiger partial charge in [0.1, 0.15) is 0 Å². The van der Waals surface area contributed by atoms with Crippen molar-refractivity contribution in [3.8, 4) is 0 Å². The lowest BCUT2D eigenvalue weighted by Gasteiger charge is -2.33. The zero-order valence-corrected chi connectivity index (χ0v) is 12.6. The van der Waals surface area contributed by atoms with Gasteiger partial charge in [-0.2, -0.15) is 13.2 Å². The minimum atomic E-state index is -4.11. The van der Waals surface area contributed by atoms with Crippen molar-refractivity contribution in [2.75, 3.05) is 26.2 Å². The fourth-order valence-corrected chi connectivity index (χ4v) is 2.63. The number of alkyl halides is 3. The number of nitrogens with zero attached hydrogens (tertiary/aromatic N) is 1. The zero-order chi connectivity index (χ0) is 15.4. The summed E-state index contributed by atoms with van der Waals surface area (Å²) < 4.78 is 36.8. The lowest BCUT2D eigenvalue weighted by Crippen LogP contribution is -2.47. The van der Waals surface area contributed by atoms with E-state index in [1.54, 1.807) is 0 Å². The average Bonchev–Trinajstić information content (AvgIpc) is 2.23. The summed E-state index contributed by atoms with van der Waals surface area (Å²) in [6.07, 6.45) is -2.38. The Morgan fingerprint density at radius 3 is 2.20 bits per heavy atom. The monoisotopic (exact) mass is 296 g/mol. The molecule has 2 N–H and O–H groups in total. The summed E-state index contributed by atoms with van der Waals surface area (Å²) in [5.41, 5.74) is 0.0805. The van der Waals surface area contributed by atoms with Gasteiger partial charge in [-0.05, 0) is 37.8 Å². The molecule has 0 aromatic rings. The number of piperidine rings is 1. The third-order valence-corrected chi connectivity index (χ3v) is 3.48. The first-order valence-electron chi connectivity index (χ1n) is 7.26. The molecule has 0 amide bonds. The van der Waals surface area contributed by atoms with Gasteiger partial charge in [-0.3, -0.25) is 4.90 Å². The largest absolute Gasteiger partial charge is 0.401 e. The molecule has 1 unspecified atom stereocenters. The quantitative estimate of drug-likeness (QED) is 0.818. The van der Waals surface area contributed by atoms with Gasteiger partial charge in [0, 0.05) is 12.6 Å². The van der Waals surface area contributed by atoms with Crippen LogP contribution in [0.25, 0.3) is 0 Å². The summed E-state index contributed by atoms with van der Waals surface area (Å²) in [7, 11) is 0. The van der Waals surface area contributed by atoms with Crippen LogP contribution in [0.2, 0.25) is 0 Å². The van der Waals surface area contributed by atoms with E-state index < -0.39 is 18.8 Å². The zero-order valence-electron chi connectivity index (χ0n) is 12.6. The number of hydrogen-bond donors (Lipinski definition) is 2. The second-order valence-electron chi connectivity index (χ2n) is 6.99. The molecule has 6 heteroatoms. The smallest absolute Gasteiger partial charge is 0.392 e. The van der Waals surface area contributed by atoms with E-state index in [-0.39, 0.29) is 11.5 Å². The third kappa shape index (κ3) is 8.07. The molecule has 1 atom stereocenters. The molecule has 0 spiro atoms. The van der Waals surface area contributed by atoms with Gasteiger partial charge in [-0.1, -0.05) is 20.8 Å². The van der Waals surface area contributed by atoms with E-state index >= 15 is 0 Å². The molecule has 0 bridgehead atoms. The minimum Gasteiger partial charge on any atom is -0.392 e. The van der Waals surface area contributed by atoms with E-state index in [4.69, 9.17) is 0 Å². The van der Waals surface area contributed by atoms with E-state index in [9.17, 15) is 18.3 Å². The molecular formula is C14H27F3N2O. The highest BCUT2D eigenvalue weighted by Gasteiger charge is 2.32. The summed E-state index contributed by atoms with van der Waals surface area (Å²) in [4.78, 5) is 1.45. The molecule has 0 aliphatic carbocycles. The van der Waals surface area contributed by atoms with Crippen molar-refractivity contribution in [2.24, 2.45) is 5.41 Å². The van der Waals surface area contributed by atoms with Crippen molar-refractivity contribution in [2.45, 2.75) is 58.4 Å². The van der Waals surface area contributed by atoms with Gasteiger partial charge in [0.2, 0.25) is 0 Å². The first-order chi connectivity index (χ1) is 9.05. The lowest BCUT2D eigenvalue weighted by atomic mass is 9.89. The van der Waals surface area contributed by atoms with E-state index in [2.05, 4.69) is 26.1 Å². The summed E-state index contributed by atoms with van der Waals surface area (Å²) in [5.74, 6) is 0. The topological polar surface area (TPSA) is 35.5 Å². The lowest BCUT2D eigenvalue weighted by molar-refractivity contribution is -0.148. The van der Waals surface area contributed by atoms with Crippen LogP contribution in [-0.4, -0.2) is 54.5 Å². The highest BCUT2D eigenvalue weighted by molar-refractivity contribution is 4.80. The highest BCUT2D eigenvalue weighted by Crippen LogP contribution is 2.21. The van der Waals surface area contributed by atoms with Gasteiger partial charge in [0.05, 0.1) is 12.6 Å². The molecule has 20 heavy (non-hydrogen) atoms. The van der Waals surface area contributed by atoms with Crippen LogP contribution in [0, 0.1) is 5.41 Å². The molecule has 3 nitrogen and oxygen atoms in total. The third-order valence-electron chi connectivity index (χ3n) is 3.48. The Labute approximate surface area is 119 Å². The van der Waals surface area contributed by atoms with Crippen LogP contribution in [0.3, 0.4) is 0 Å². The van der Waals surface area contributed by atoms with Crippen molar-refractivity contribution >= 4 is 0 Å². The Kier molecular flexibility index (Phi) is 6.28. The Bertz CT molecular complexity index is 281. The second kappa shape index (κ2) is 7.09. The number of nitrogens with one attached hydrogen (secondary N) is 1. The van der Waals surface area contributed by atoms with Crippen molar-refractivity contribution in [3.05, 3.63) is 0 Å². The maximum absolute atomic E-state index is 12.3. The normalized spacial score (nSPS) is 21.1. The van der Waals surface area contributed by atoms with Gasteiger partial charge in [-0.25, -0.2) is 0 Å². The molecule has 0 radical (unpaired) electrons. The van der Waals surface area contributed by atoms with Gasteiger partial charge >= 0.3 is 6.18 Å². The summed E-state index contributed by atoms with van der Waals surface area (Å²) in [6, 6.07) is 0.217. The number of likely N-dealkylation sites (tertiary alicyclic amines) is 1. The number of aliphatic hydroxyl groups is 1. The molecule has 0 saturated carbocycles. The maximum Gasteiger partial charge on any atom is 0.401 e. The van der Waals surface area contributed by atoms with E-state index in [0.717, 1.165) is 0 Å². The Morgan fingerprint density at radius 1 is 1.20 bits per heavy atom. The van der Waals surface area contributed by atoms with Crippen molar-refractivity contribution in [1.82, 2.24) is 10.2 Å². The summed E-state index contributed by atoms with van der Waals surface area (Å²) in [6.45, 7) is 6.86. The number of rotatable bonds is 5. The van der Waals surface area contributed by atoms with Crippen LogP contribution in [0.5, 0.6) is 0 Å². The van der Waals surface area contributed by atoms with E-state index in [1.807, 2.05) is 0 Å². The molecule has 1 aliphatic heterocycles. The highest BCUT2D eigenvalue weighted by atomic mass is 19.4. The number of aliphatic hydroxyl groups excluding tert-OH is 1. The number of hydrogen-bond acceptors (Lipinski definition) is 3. The van der Waals surface area contributed by atoms with E-state index in [0.29, 0.717) is 38.9 Å². The van der Waals surface area contributed by atoms with Crippen molar-refractivity contribution in [1.29, 1.82) is 0 Å². The van der Waals surface area contributed by atoms with Crippen molar-refractivity contribution < 1.29 is 18.3 Å². The van der Waals surface area contributed by atoms with Gasteiger partial charge in [0.25, 0.3) is 0 Å². The van der Waals surface area contributed by atoms with Crippen LogP contribution in [0.1, 0.15) is 40.0 Å². The molecule has 0 aromatic heterocycles. The molecule has 1 saturated heterocycles. The Balaban J connectivity index is 2.19. The van der Waals surface area contributed by atoms with Crippen LogP contribution in [0.15, 0.2) is 0 Å². The summed E-state index contributed by atoms with van der Waals surface area (Å²) in [5, 5.41) is 13.2. The van der Waals surface area contributed by atoms with Gasteiger partial charge < -0.3 is 10.4 Å². The fourth-order valence-electron chi connectivity index (χ4n) is 2.63. The minimum absolute atomic E-state index is 0.0805. The van der Waals surface area contributed by atoms with Crippen LogP contribution in [-0.2, 0) is 0 Å². The molecular weight excluding hydrogens is 269 g/mol. The van der Waals surface area contributed by atoms with E-state index in [1.165, 1.54) is 4.90 Å². The fraction of sp³-hybridized carbons (Fsp3) is 1.00. The van der Waals surface area contributed by atoms with Gasteiger partial charge in [-0.15, -0.1) is 0 Å². The first-order valence-corrected chi connectivity index (χ1v) is 7.26. The Hall–Kier alpha value is -0.330. The number of halogens is 3. The SMILES string of the molecule is CC(C)(C)CC(O)CNC1CCN(CC(F)(F)F)CC1. The summed E-state index contributed by atoms with van der Waals surface area (Å²) >= 11 is 0. The van der Waals surface area contributed by atoms with Gasteiger partial charge in [0.15, 0.2) is 0 Å². The molecule has 120 valence electrons. The predicted octanol–water partition coefficient (Wildman–Crippen LogP) is 2.40. The Morgan fingerprint density at radius 2 is 1.75 bits per heavy atom. The van der Waals surface area contributed by atoms with Crippen LogP contribution >= 0.6 is 0 Å². The van der Waals surface area contributed by atoms with Crippen LogP contribution in [0.4, 0.5) is 13.2 Å². The maximum atomic E-state index is 12.3. The van der Waals surface area contributed by atoms with Crippen molar-refractivity contribution in [3.63, 3.8) is 0 Å². The standard InChI is InChI=1S/C14H27F3N2O/c1-13(2,3)8-12(20)9-18-11-4-6-19(7-5-11)10-14(15,16)17/h11-12,18,20H,4-10H2,1-3H3. The average molecular weight is 296 g/mol. The molecule has 1 aliphatic rings. The molecule has 0 aromatic carbocycles. The van der Waals surface area contributed by atoms with Crippen LogP contribution < -0.4 is 5.32 Å². The first kappa shape index (κ1) is 17.7.